The second-order valence-electron chi connectivity index (χ2n) is 6.58. The molecular formula is C21H17FN4O2S2. The van der Waals surface area contributed by atoms with Crippen LogP contribution in [0.3, 0.4) is 0 Å². The summed E-state index contributed by atoms with van der Waals surface area (Å²) < 4.78 is 15.7. The number of rotatable bonds is 6. The molecule has 2 aromatic heterocycles. The Morgan fingerprint density at radius 1 is 1.17 bits per heavy atom. The smallest absolute Gasteiger partial charge is 0.265 e. The lowest BCUT2D eigenvalue weighted by Crippen LogP contribution is -2.23. The van der Waals surface area contributed by atoms with Crippen molar-refractivity contribution in [1.82, 2.24) is 14.5 Å². The van der Waals surface area contributed by atoms with Gasteiger partial charge in [0.05, 0.1) is 34.5 Å². The number of halogens is 1. The monoisotopic (exact) mass is 440 g/mol. The molecule has 0 saturated carbocycles. The van der Waals surface area contributed by atoms with E-state index in [1.165, 1.54) is 39.8 Å². The molecule has 4 rings (SSSR count). The number of carbonyl (C=O) groups excluding carboxylic acids is 1. The van der Waals surface area contributed by atoms with Crippen molar-refractivity contribution in [2.75, 3.05) is 0 Å². The number of fused-ring (bicyclic) bond motifs is 1. The molecule has 0 saturated heterocycles. The number of hydrogen-bond acceptors (Lipinski definition) is 6. The largest absolute Gasteiger partial charge is 0.369 e. The number of nitrogens with zero attached hydrogens (tertiary/aromatic N) is 3. The van der Waals surface area contributed by atoms with E-state index < -0.39 is 5.91 Å². The predicted molar refractivity (Wildman–Crippen MR) is 117 cm³/mol. The van der Waals surface area contributed by atoms with E-state index >= 15 is 0 Å². The number of carbonyl (C=O) groups is 1. The van der Waals surface area contributed by atoms with E-state index in [0.717, 1.165) is 14.9 Å². The van der Waals surface area contributed by atoms with Crippen LogP contribution in [0.15, 0.2) is 57.7 Å². The van der Waals surface area contributed by atoms with E-state index in [0.29, 0.717) is 28.2 Å². The van der Waals surface area contributed by atoms with Crippen molar-refractivity contribution in [3.63, 3.8) is 0 Å². The minimum absolute atomic E-state index is 0.151. The zero-order chi connectivity index (χ0) is 21.3. The van der Waals surface area contributed by atoms with Crippen LogP contribution in [0.1, 0.15) is 16.4 Å². The molecule has 0 atom stereocenters. The van der Waals surface area contributed by atoms with Crippen LogP contribution in [0.25, 0.3) is 16.6 Å². The van der Waals surface area contributed by atoms with E-state index in [2.05, 4.69) is 9.97 Å². The summed E-state index contributed by atoms with van der Waals surface area (Å²) in [6.07, 6.45) is 0.151. The van der Waals surface area contributed by atoms with Crippen LogP contribution in [0, 0.1) is 12.7 Å². The second-order valence-corrected chi connectivity index (χ2v) is 8.89. The van der Waals surface area contributed by atoms with Gasteiger partial charge in [0.1, 0.15) is 11.6 Å². The van der Waals surface area contributed by atoms with Crippen LogP contribution in [0.4, 0.5) is 4.39 Å². The Morgan fingerprint density at radius 2 is 1.90 bits per heavy atom. The van der Waals surface area contributed by atoms with Gasteiger partial charge in [0, 0.05) is 4.88 Å². The fourth-order valence-corrected chi connectivity index (χ4v) is 5.21. The van der Waals surface area contributed by atoms with Gasteiger partial charge < -0.3 is 5.73 Å². The average Bonchev–Trinajstić information content (AvgIpc) is 3.06. The molecule has 6 nitrogen and oxygen atoms in total. The van der Waals surface area contributed by atoms with Crippen molar-refractivity contribution in [3.8, 4) is 5.69 Å². The molecule has 2 heterocycles. The molecule has 4 aromatic rings. The van der Waals surface area contributed by atoms with Gasteiger partial charge in [-0.05, 0) is 43.3 Å². The fraction of sp³-hybridized carbons (Fsp3) is 0.143. The number of benzene rings is 2. The third-order valence-corrected chi connectivity index (χ3v) is 6.76. The predicted octanol–water partition coefficient (Wildman–Crippen LogP) is 3.61. The fourth-order valence-electron chi connectivity index (χ4n) is 3.04. The molecule has 0 aliphatic rings. The van der Waals surface area contributed by atoms with Gasteiger partial charge in [0.25, 0.3) is 5.56 Å². The molecule has 0 fully saturated rings. The Balaban J connectivity index is 1.74. The summed E-state index contributed by atoms with van der Waals surface area (Å²) in [6, 6.07) is 12.9. The molecule has 0 spiro atoms. The van der Waals surface area contributed by atoms with E-state index in [1.807, 2.05) is 13.0 Å². The van der Waals surface area contributed by atoms with E-state index in [9.17, 15) is 14.0 Å². The topological polar surface area (TPSA) is 90.9 Å². The number of hydrogen-bond donors (Lipinski definition) is 1. The van der Waals surface area contributed by atoms with Crippen molar-refractivity contribution >= 4 is 39.9 Å². The van der Waals surface area contributed by atoms with Gasteiger partial charge in [0.2, 0.25) is 5.91 Å². The van der Waals surface area contributed by atoms with Crippen LogP contribution in [0.5, 0.6) is 0 Å². The number of nitrogens with two attached hydrogens (primary N) is 1. The zero-order valence-corrected chi connectivity index (χ0v) is 17.6. The lowest BCUT2D eigenvalue weighted by Gasteiger charge is -2.13. The highest BCUT2D eigenvalue weighted by Gasteiger charge is 2.15. The molecule has 1 amide bonds. The Hall–Kier alpha value is -3.04. The van der Waals surface area contributed by atoms with Gasteiger partial charge in [-0.15, -0.1) is 11.3 Å². The van der Waals surface area contributed by atoms with Gasteiger partial charge in [0.15, 0.2) is 4.34 Å². The van der Waals surface area contributed by atoms with Crippen LogP contribution in [0.2, 0.25) is 0 Å². The highest BCUT2D eigenvalue weighted by Crippen LogP contribution is 2.30. The number of thiazole rings is 1. The first-order valence-corrected chi connectivity index (χ1v) is 10.9. The first-order chi connectivity index (χ1) is 14.4. The molecule has 30 heavy (non-hydrogen) atoms. The van der Waals surface area contributed by atoms with Gasteiger partial charge >= 0.3 is 0 Å². The maximum atomic E-state index is 13.4. The maximum Gasteiger partial charge on any atom is 0.265 e. The van der Waals surface area contributed by atoms with Crippen LogP contribution in [-0.4, -0.2) is 20.4 Å². The average molecular weight is 441 g/mol. The van der Waals surface area contributed by atoms with Crippen LogP contribution in [-0.2, 0) is 17.0 Å². The Labute approximate surface area is 179 Å². The van der Waals surface area contributed by atoms with Crippen molar-refractivity contribution in [2.45, 2.75) is 23.4 Å². The van der Waals surface area contributed by atoms with Crippen LogP contribution < -0.4 is 11.3 Å². The molecule has 0 aliphatic carbocycles. The van der Waals surface area contributed by atoms with Crippen LogP contribution >= 0.6 is 23.1 Å². The van der Waals surface area contributed by atoms with Gasteiger partial charge in [-0.3, -0.25) is 14.2 Å². The van der Waals surface area contributed by atoms with E-state index in [-0.39, 0.29) is 17.8 Å². The molecule has 0 bridgehead atoms. The third kappa shape index (κ3) is 4.12. The van der Waals surface area contributed by atoms with Crippen molar-refractivity contribution in [2.24, 2.45) is 5.73 Å². The highest BCUT2D eigenvalue weighted by atomic mass is 32.2. The Bertz CT molecular complexity index is 1300. The summed E-state index contributed by atoms with van der Waals surface area (Å²) in [5, 5.41) is 0.490. The molecule has 0 unspecified atom stereocenters. The Morgan fingerprint density at radius 3 is 2.63 bits per heavy atom. The highest BCUT2D eigenvalue weighted by molar-refractivity contribution is 8.00. The minimum Gasteiger partial charge on any atom is -0.369 e. The third-order valence-electron chi connectivity index (χ3n) is 4.46. The normalized spacial score (nSPS) is 11.1. The molecule has 0 radical (unpaired) electrons. The summed E-state index contributed by atoms with van der Waals surface area (Å²) in [5.74, 6) is 0.122. The summed E-state index contributed by atoms with van der Waals surface area (Å²) in [5.41, 5.74) is 6.98. The number of primary amides is 1. The van der Waals surface area contributed by atoms with Crippen molar-refractivity contribution < 1.29 is 9.18 Å². The lowest BCUT2D eigenvalue weighted by molar-refractivity contribution is -0.117. The number of thioether (sulfide) groups is 1. The van der Waals surface area contributed by atoms with Crippen molar-refractivity contribution in [3.05, 3.63) is 81.1 Å². The second kappa shape index (κ2) is 8.37. The Kier molecular flexibility index (Phi) is 5.65. The van der Waals surface area contributed by atoms with E-state index in [4.69, 9.17) is 5.73 Å². The number of para-hydroxylation sites is 1. The molecule has 152 valence electrons. The van der Waals surface area contributed by atoms with Gasteiger partial charge in [-0.2, -0.15) is 0 Å². The molecule has 0 aliphatic heterocycles. The summed E-state index contributed by atoms with van der Waals surface area (Å²) in [7, 11) is 0. The van der Waals surface area contributed by atoms with Gasteiger partial charge in [-0.25, -0.2) is 14.4 Å². The van der Waals surface area contributed by atoms with E-state index in [1.54, 1.807) is 30.3 Å². The first kappa shape index (κ1) is 20.2. The quantitative estimate of drug-likeness (QED) is 0.463. The number of aromatic nitrogens is 3. The minimum atomic E-state index is -0.403. The number of amides is 1. The summed E-state index contributed by atoms with van der Waals surface area (Å²) in [4.78, 5) is 34.4. The maximum absolute atomic E-state index is 13.4. The molecule has 2 N–H and O–H groups in total. The summed E-state index contributed by atoms with van der Waals surface area (Å²) >= 11 is 2.83. The summed E-state index contributed by atoms with van der Waals surface area (Å²) in [6.45, 7) is 1.83. The molecular weight excluding hydrogens is 423 g/mol. The molecule has 9 heteroatoms. The zero-order valence-electron chi connectivity index (χ0n) is 16.0. The SMILES string of the molecule is Cc1nc(SCc2nc3ccccc3c(=O)n2-c2ccc(F)cc2)sc1CC(N)=O. The van der Waals surface area contributed by atoms with Gasteiger partial charge in [-0.1, -0.05) is 23.9 Å². The lowest BCUT2D eigenvalue weighted by atomic mass is 10.2. The molecule has 2 aromatic carbocycles. The first-order valence-electron chi connectivity index (χ1n) is 9.06. The van der Waals surface area contributed by atoms with Crippen molar-refractivity contribution in [1.29, 1.82) is 0 Å². The number of aryl methyl sites for hydroxylation is 1. The standard InChI is InChI=1S/C21H17FN4O2S2/c1-12-17(10-18(23)27)30-21(24-12)29-11-19-25-16-5-3-2-4-15(16)20(28)26(19)14-8-6-13(22)7-9-14/h2-9H,10-11H2,1H3,(H2,23,27).